The number of nitrogens with zero attached hydrogens (tertiary/aromatic N) is 2. The van der Waals surface area contributed by atoms with Crippen LogP contribution in [0, 0.1) is 5.82 Å². The van der Waals surface area contributed by atoms with Gasteiger partial charge in [-0.25, -0.2) is 4.39 Å². The minimum Gasteiger partial charge on any atom is -0.374 e. The van der Waals surface area contributed by atoms with Gasteiger partial charge in [0.1, 0.15) is 5.82 Å². The molecule has 1 aliphatic heterocycles. The lowest BCUT2D eigenvalue weighted by Crippen LogP contribution is -2.43. The molecular weight excluding hydrogens is 422 g/mol. The topological polar surface area (TPSA) is 48.9 Å². The number of aliphatic imine (C=N–C) groups is 1. The summed E-state index contributed by atoms with van der Waals surface area (Å²) in [4.78, 5) is 6.83. The Morgan fingerprint density at radius 1 is 1.38 bits per heavy atom. The molecule has 1 aliphatic rings. The summed E-state index contributed by atoms with van der Waals surface area (Å²) >= 11 is 0. The molecule has 1 aromatic carbocycles. The summed E-state index contributed by atoms with van der Waals surface area (Å²) < 4.78 is 19.3. The molecule has 0 spiro atoms. The number of nitrogens with one attached hydrogen (secondary N) is 2. The van der Waals surface area contributed by atoms with Gasteiger partial charge >= 0.3 is 0 Å². The highest BCUT2D eigenvalue weighted by Gasteiger charge is 2.17. The van der Waals surface area contributed by atoms with Crippen molar-refractivity contribution in [1.29, 1.82) is 0 Å². The molecule has 1 unspecified atom stereocenters. The average molecular weight is 450 g/mol. The number of halogens is 2. The minimum atomic E-state index is -0.158. The van der Waals surface area contributed by atoms with E-state index in [1.54, 1.807) is 6.07 Å². The number of rotatable bonds is 6. The van der Waals surface area contributed by atoms with Crippen LogP contribution in [0.2, 0.25) is 0 Å². The van der Waals surface area contributed by atoms with Gasteiger partial charge in [-0.15, -0.1) is 24.0 Å². The fraction of sp³-hybridized carbons (Fsp3) is 0.588. The Balaban J connectivity index is 0.00000288. The number of ether oxygens (including phenoxy) is 1. The van der Waals surface area contributed by atoms with Crippen LogP contribution in [0.15, 0.2) is 29.3 Å². The van der Waals surface area contributed by atoms with Gasteiger partial charge in [0.15, 0.2) is 5.96 Å². The maximum absolute atomic E-state index is 13.6. The van der Waals surface area contributed by atoms with Crippen molar-refractivity contribution in [2.45, 2.75) is 19.4 Å². The van der Waals surface area contributed by atoms with Gasteiger partial charge in [0.05, 0.1) is 19.3 Å². The summed E-state index contributed by atoms with van der Waals surface area (Å²) in [6.07, 6.45) is 0.760. The number of likely N-dealkylation sites (N-methyl/N-ethyl adjacent to an activating group) is 1. The number of guanidine groups is 1. The van der Waals surface area contributed by atoms with E-state index in [0.717, 1.165) is 32.2 Å². The molecule has 1 fully saturated rings. The molecule has 0 amide bonds. The third-order valence-corrected chi connectivity index (χ3v) is 3.78. The number of morpholine rings is 1. The first-order valence-corrected chi connectivity index (χ1v) is 8.24. The third kappa shape index (κ3) is 7.31. The largest absolute Gasteiger partial charge is 0.374 e. The van der Waals surface area contributed by atoms with E-state index >= 15 is 0 Å². The monoisotopic (exact) mass is 450 g/mol. The molecule has 7 heteroatoms. The van der Waals surface area contributed by atoms with Crippen molar-refractivity contribution >= 4 is 29.9 Å². The van der Waals surface area contributed by atoms with Gasteiger partial charge in [-0.1, -0.05) is 18.2 Å². The summed E-state index contributed by atoms with van der Waals surface area (Å²) in [5.41, 5.74) is 0.716. The lowest BCUT2D eigenvalue weighted by atomic mass is 10.1. The zero-order valence-corrected chi connectivity index (χ0v) is 16.8. The molecule has 0 saturated carbocycles. The molecule has 2 N–H and O–H groups in total. The van der Waals surface area contributed by atoms with Gasteiger partial charge in [-0.05, 0) is 32.0 Å². The summed E-state index contributed by atoms with van der Waals surface area (Å²) in [6, 6.07) is 6.87. The molecule has 1 atom stereocenters. The molecule has 0 bridgehead atoms. The van der Waals surface area contributed by atoms with Crippen LogP contribution in [0.3, 0.4) is 0 Å². The van der Waals surface area contributed by atoms with Crippen molar-refractivity contribution in [3.8, 4) is 0 Å². The fourth-order valence-corrected chi connectivity index (χ4v) is 2.53. The zero-order chi connectivity index (χ0) is 16.5. The van der Waals surface area contributed by atoms with Crippen LogP contribution in [-0.2, 0) is 11.2 Å². The molecule has 0 radical (unpaired) electrons. The summed E-state index contributed by atoms with van der Waals surface area (Å²) in [5, 5.41) is 6.46. The Morgan fingerprint density at radius 2 is 2.17 bits per heavy atom. The Labute approximate surface area is 161 Å². The molecule has 136 valence electrons. The molecule has 5 nitrogen and oxygen atoms in total. The van der Waals surface area contributed by atoms with E-state index < -0.39 is 0 Å². The summed E-state index contributed by atoms with van der Waals surface area (Å²) in [6.45, 7) is 6.71. The van der Waals surface area contributed by atoms with E-state index in [1.807, 2.05) is 19.1 Å². The van der Waals surface area contributed by atoms with Crippen molar-refractivity contribution in [3.05, 3.63) is 35.6 Å². The quantitative estimate of drug-likeness (QED) is 0.395. The van der Waals surface area contributed by atoms with E-state index in [0.29, 0.717) is 25.1 Å². The molecular formula is C17H28FIN4O. The maximum atomic E-state index is 13.6. The van der Waals surface area contributed by atoms with E-state index in [4.69, 9.17) is 4.74 Å². The van der Waals surface area contributed by atoms with Crippen molar-refractivity contribution in [1.82, 2.24) is 15.5 Å². The molecule has 0 aliphatic carbocycles. The SMILES string of the molecule is CCNC(=NCC1CN(C)CCO1)NCCc1ccccc1F.I. The van der Waals surface area contributed by atoms with Crippen LogP contribution in [0.5, 0.6) is 0 Å². The van der Waals surface area contributed by atoms with Crippen molar-refractivity contribution in [3.63, 3.8) is 0 Å². The first-order valence-electron chi connectivity index (χ1n) is 8.24. The van der Waals surface area contributed by atoms with Gasteiger partial charge in [0.25, 0.3) is 0 Å². The van der Waals surface area contributed by atoms with Crippen LogP contribution in [0.1, 0.15) is 12.5 Å². The van der Waals surface area contributed by atoms with Crippen LogP contribution in [-0.4, -0.2) is 63.3 Å². The highest BCUT2D eigenvalue weighted by Crippen LogP contribution is 2.06. The number of hydrogen-bond acceptors (Lipinski definition) is 3. The van der Waals surface area contributed by atoms with Crippen molar-refractivity contribution < 1.29 is 9.13 Å². The predicted octanol–water partition coefficient (Wildman–Crippen LogP) is 1.87. The first kappa shape index (κ1) is 21.1. The third-order valence-electron chi connectivity index (χ3n) is 3.78. The molecule has 24 heavy (non-hydrogen) atoms. The fourth-order valence-electron chi connectivity index (χ4n) is 2.53. The van der Waals surface area contributed by atoms with Gasteiger partial charge in [0, 0.05) is 26.2 Å². The van der Waals surface area contributed by atoms with Crippen molar-refractivity contribution in [2.24, 2.45) is 4.99 Å². The van der Waals surface area contributed by atoms with E-state index in [1.165, 1.54) is 6.07 Å². The smallest absolute Gasteiger partial charge is 0.191 e. The van der Waals surface area contributed by atoms with E-state index in [2.05, 4.69) is 27.6 Å². The highest BCUT2D eigenvalue weighted by atomic mass is 127. The molecule has 2 rings (SSSR count). The van der Waals surface area contributed by atoms with Gasteiger partial charge < -0.3 is 20.3 Å². The van der Waals surface area contributed by atoms with Crippen molar-refractivity contribution in [2.75, 3.05) is 46.4 Å². The number of hydrogen-bond donors (Lipinski definition) is 2. The van der Waals surface area contributed by atoms with Crippen LogP contribution in [0.25, 0.3) is 0 Å². The molecule has 0 aromatic heterocycles. The lowest BCUT2D eigenvalue weighted by Gasteiger charge is -2.29. The van der Waals surface area contributed by atoms with Gasteiger partial charge in [0.2, 0.25) is 0 Å². The molecule has 1 saturated heterocycles. The first-order chi connectivity index (χ1) is 11.2. The zero-order valence-electron chi connectivity index (χ0n) is 14.4. The van der Waals surface area contributed by atoms with Gasteiger partial charge in [-0.3, -0.25) is 4.99 Å². The van der Waals surface area contributed by atoms with E-state index in [-0.39, 0.29) is 35.9 Å². The predicted molar refractivity (Wildman–Crippen MR) is 107 cm³/mol. The normalized spacial score (nSPS) is 18.8. The summed E-state index contributed by atoms with van der Waals surface area (Å²) in [7, 11) is 2.09. The second kappa shape index (κ2) is 11.6. The van der Waals surface area contributed by atoms with Crippen LogP contribution >= 0.6 is 24.0 Å². The average Bonchev–Trinajstić information content (AvgIpc) is 2.54. The Morgan fingerprint density at radius 3 is 2.88 bits per heavy atom. The maximum Gasteiger partial charge on any atom is 0.191 e. The van der Waals surface area contributed by atoms with Gasteiger partial charge in [-0.2, -0.15) is 0 Å². The van der Waals surface area contributed by atoms with E-state index in [9.17, 15) is 4.39 Å². The second-order valence-electron chi connectivity index (χ2n) is 5.74. The standard InChI is InChI=1S/C17H27FN4O.HI/c1-3-19-17(21-12-15-13-22(2)10-11-23-15)20-9-8-14-6-4-5-7-16(14)18;/h4-7,15H,3,8-13H2,1-2H3,(H2,19,20,21);1H. The minimum absolute atomic E-state index is 0. The highest BCUT2D eigenvalue weighted by molar-refractivity contribution is 14.0. The Hall–Kier alpha value is -0.930. The second-order valence-corrected chi connectivity index (χ2v) is 5.74. The Kier molecular flexibility index (Phi) is 10.2. The Bertz CT molecular complexity index is 515. The molecule has 1 aromatic rings. The molecule has 1 heterocycles. The summed E-state index contributed by atoms with van der Waals surface area (Å²) in [5.74, 6) is 0.593. The van der Waals surface area contributed by atoms with Crippen LogP contribution < -0.4 is 10.6 Å². The van der Waals surface area contributed by atoms with Crippen LogP contribution in [0.4, 0.5) is 4.39 Å². The number of benzene rings is 1. The lowest BCUT2D eigenvalue weighted by molar-refractivity contribution is -0.0136.